The highest BCUT2D eigenvalue weighted by molar-refractivity contribution is 7.99. The zero-order chi connectivity index (χ0) is 17.6. The van der Waals surface area contributed by atoms with E-state index in [-0.39, 0.29) is 17.2 Å². The lowest BCUT2D eigenvalue weighted by molar-refractivity contribution is -0.118. The number of thioether (sulfide) groups is 1. The molecule has 0 saturated carbocycles. The zero-order valence-corrected chi connectivity index (χ0v) is 15.3. The van der Waals surface area contributed by atoms with Gasteiger partial charge in [-0.05, 0) is 44.2 Å². The van der Waals surface area contributed by atoms with Crippen LogP contribution in [-0.2, 0) is 11.8 Å². The van der Waals surface area contributed by atoms with Gasteiger partial charge in [-0.15, -0.1) is 0 Å². The standard InChI is InChI=1S/C19H23N3O2S/c1-22-18(24)15-9-5-6-10-16(15)21-19(22)25-13-17(23)20-12-11-14-7-3-2-4-8-14/h5-7,9-10H,2-4,8,11-13H2,1H3,(H,20,23). The molecular weight excluding hydrogens is 334 g/mol. The third-order valence-electron chi connectivity index (χ3n) is 4.43. The van der Waals surface area contributed by atoms with E-state index in [4.69, 9.17) is 0 Å². The van der Waals surface area contributed by atoms with Crippen molar-refractivity contribution in [3.8, 4) is 0 Å². The maximum absolute atomic E-state index is 12.3. The number of carbonyl (C=O) groups is 1. The summed E-state index contributed by atoms with van der Waals surface area (Å²) in [5.74, 6) is 0.237. The minimum absolute atomic E-state index is 0.0242. The highest BCUT2D eigenvalue weighted by Gasteiger charge is 2.11. The van der Waals surface area contributed by atoms with Crippen molar-refractivity contribution in [1.29, 1.82) is 0 Å². The fraction of sp³-hybridized carbons (Fsp3) is 0.421. The van der Waals surface area contributed by atoms with Crippen molar-refractivity contribution >= 4 is 28.6 Å². The van der Waals surface area contributed by atoms with Crippen molar-refractivity contribution in [3.05, 3.63) is 46.3 Å². The summed E-state index contributed by atoms with van der Waals surface area (Å²) < 4.78 is 1.51. The van der Waals surface area contributed by atoms with E-state index >= 15 is 0 Å². The second-order valence-corrected chi connectivity index (χ2v) is 7.21. The Balaban J connectivity index is 1.55. The summed E-state index contributed by atoms with van der Waals surface area (Å²) in [4.78, 5) is 28.9. The molecule has 0 fully saturated rings. The molecule has 25 heavy (non-hydrogen) atoms. The Morgan fingerprint density at radius 3 is 2.96 bits per heavy atom. The van der Waals surface area contributed by atoms with Gasteiger partial charge >= 0.3 is 0 Å². The van der Waals surface area contributed by atoms with E-state index in [0.29, 0.717) is 22.6 Å². The van der Waals surface area contributed by atoms with Crippen molar-refractivity contribution in [2.45, 2.75) is 37.3 Å². The molecule has 1 aliphatic carbocycles. The maximum Gasteiger partial charge on any atom is 0.261 e. The minimum Gasteiger partial charge on any atom is -0.355 e. The SMILES string of the molecule is Cn1c(SCC(=O)NCCC2=CCCCC2)nc2ccccc2c1=O. The van der Waals surface area contributed by atoms with Gasteiger partial charge in [0.2, 0.25) is 5.91 Å². The van der Waals surface area contributed by atoms with Crippen molar-refractivity contribution in [2.24, 2.45) is 7.05 Å². The van der Waals surface area contributed by atoms with Gasteiger partial charge in [-0.2, -0.15) is 0 Å². The first-order valence-electron chi connectivity index (χ1n) is 8.68. The molecule has 3 rings (SSSR count). The third kappa shape index (κ3) is 4.51. The lowest BCUT2D eigenvalue weighted by Crippen LogP contribution is -2.27. The highest BCUT2D eigenvalue weighted by atomic mass is 32.2. The van der Waals surface area contributed by atoms with Crippen LogP contribution in [0.1, 0.15) is 32.1 Å². The van der Waals surface area contributed by atoms with E-state index in [1.54, 1.807) is 13.1 Å². The Hall–Kier alpha value is -2.08. The molecule has 1 aromatic heterocycles. The second-order valence-electron chi connectivity index (χ2n) is 6.27. The van der Waals surface area contributed by atoms with Crippen LogP contribution in [0.25, 0.3) is 10.9 Å². The number of hydrogen-bond donors (Lipinski definition) is 1. The summed E-state index contributed by atoms with van der Waals surface area (Å²) in [6, 6.07) is 7.27. The number of rotatable bonds is 6. The molecule has 132 valence electrons. The number of fused-ring (bicyclic) bond motifs is 1. The zero-order valence-electron chi connectivity index (χ0n) is 14.5. The monoisotopic (exact) mass is 357 g/mol. The van der Waals surface area contributed by atoms with Crippen LogP contribution >= 0.6 is 11.8 Å². The molecule has 1 heterocycles. The number of allylic oxidation sites excluding steroid dienone is 1. The Morgan fingerprint density at radius 1 is 1.32 bits per heavy atom. The van der Waals surface area contributed by atoms with E-state index in [9.17, 15) is 9.59 Å². The van der Waals surface area contributed by atoms with E-state index < -0.39 is 0 Å². The molecule has 5 nitrogen and oxygen atoms in total. The van der Waals surface area contributed by atoms with Crippen LogP contribution in [0, 0.1) is 0 Å². The third-order valence-corrected chi connectivity index (χ3v) is 5.46. The first-order chi connectivity index (χ1) is 12.1. The molecule has 0 unspecified atom stereocenters. The fourth-order valence-electron chi connectivity index (χ4n) is 3.00. The molecule has 1 aromatic carbocycles. The molecule has 0 aliphatic heterocycles. The van der Waals surface area contributed by atoms with Gasteiger partial charge in [0.1, 0.15) is 0 Å². The maximum atomic E-state index is 12.3. The molecule has 6 heteroatoms. The smallest absolute Gasteiger partial charge is 0.261 e. The average molecular weight is 357 g/mol. The van der Waals surface area contributed by atoms with Crippen LogP contribution in [-0.4, -0.2) is 27.8 Å². The van der Waals surface area contributed by atoms with Crippen LogP contribution in [0.5, 0.6) is 0 Å². The predicted molar refractivity (Wildman–Crippen MR) is 102 cm³/mol. The number of nitrogens with zero attached hydrogens (tertiary/aromatic N) is 2. The topological polar surface area (TPSA) is 64.0 Å². The van der Waals surface area contributed by atoms with Crippen molar-refractivity contribution in [2.75, 3.05) is 12.3 Å². The summed E-state index contributed by atoms with van der Waals surface area (Å²) in [6.45, 7) is 0.676. The second kappa shape index (κ2) is 8.34. The average Bonchev–Trinajstić information content (AvgIpc) is 2.64. The van der Waals surface area contributed by atoms with Crippen LogP contribution in [0.3, 0.4) is 0 Å². The number of para-hydroxylation sites is 1. The van der Waals surface area contributed by atoms with Gasteiger partial charge in [-0.1, -0.05) is 35.5 Å². The minimum atomic E-state index is -0.0854. The summed E-state index contributed by atoms with van der Waals surface area (Å²) in [7, 11) is 1.69. The van der Waals surface area contributed by atoms with Gasteiger partial charge in [0.15, 0.2) is 5.16 Å². The van der Waals surface area contributed by atoms with Crippen LogP contribution in [0.2, 0.25) is 0 Å². The molecule has 0 bridgehead atoms. The molecule has 1 amide bonds. The Morgan fingerprint density at radius 2 is 2.16 bits per heavy atom. The van der Waals surface area contributed by atoms with E-state index in [1.807, 2.05) is 18.2 Å². The summed E-state index contributed by atoms with van der Waals surface area (Å²) in [5.41, 5.74) is 2.04. The quantitative estimate of drug-likeness (QED) is 0.490. The number of hydrogen-bond acceptors (Lipinski definition) is 4. The molecule has 1 N–H and O–H groups in total. The lowest BCUT2D eigenvalue weighted by Gasteiger charge is -2.13. The Bertz CT molecular complexity index is 857. The molecule has 2 aromatic rings. The number of amides is 1. The van der Waals surface area contributed by atoms with Crippen molar-refractivity contribution < 1.29 is 4.79 Å². The van der Waals surface area contributed by atoms with Gasteiger partial charge in [0.25, 0.3) is 5.56 Å². The highest BCUT2D eigenvalue weighted by Crippen LogP contribution is 2.19. The van der Waals surface area contributed by atoms with Gasteiger partial charge in [-0.25, -0.2) is 4.98 Å². The Labute approximate surface area is 151 Å². The lowest BCUT2D eigenvalue weighted by atomic mass is 9.97. The van der Waals surface area contributed by atoms with Gasteiger partial charge in [0, 0.05) is 13.6 Å². The summed E-state index contributed by atoms with van der Waals surface area (Å²) >= 11 is 1.30. The molecule has 0 radical (unpaired) electrons. The van der Waals surface area contributed by atoms with E-state index in [1.165, 1.54) is 41.2 Å². The van der Waals surface area contributed by atoms with Gasteiger partial charge < -0.3 is 5.32 Å². The van der Waals surface area contributed by atoms with E-state index in [2.05, 4.69) is 16.4 Å². The first-order valence-corrected chi connectivity index (χ1v) is 9.67. The number of carbonyl (C=O) groups excluding carboxylic acids is 1. The van der Waals surface area contributed by atoms with Gasteiger partial charge in [-0.3, -0.25) is 14.2 Å². The predicted octanol–water partition coefficient (Wildman–Crippen LogP) is 3.03. The first kappa shape index (κ1) is 17.7. The largest absolute Gasteiger partial charge is 0.355 e. The van der Waals surface area contributed by atoms with Crippen LogP contribution in [0.4, 0.5) is 0 Å². The number of benzene rings is 1. The van der Waals surface area contributed by atoms with Crippen molar-refractivity contribution in [1.82, 2.24) is 14.9 Å². The van der Waals surface area contributed by atoms with E-state index in [0.717, 1.165) is 12.8 Å². The van der Waals surface area contributed by atoms with Crippen molar-refractivity contribution in [3.63, 3.8) is 0 Å². The van der Waals surface area contributed by atoms with Gasteiger partial charge in [0.05, 0.1) is 16.7 Å². The van der Waals surface area contributed by atoms with Crippen LogP contribution in [0.15, 0.2) is 45.9 Å². The molecule has 0 spiro atoms. The number of nitrogens with one attached hydrogen (secondary N) is 1. The molecule has 0 saturated heterocycles. The normalized spacial score (nSPS) is 14.4. The molecular formula is C19H23N3O2S. The number of aromatic nitrogens is 2. The summed E-state index contributed by atoms with van der Waals surface area (Å²) in [6.07, 6.45) is 8.11. The Kier molecular flexibility index (Phi) is 5.91. The fourth-order valence-corrected chi connectivity index (χ4v) is 3.80. The molecule has 0 atom stereocenters. The molecule has 1 aliphatic rings. The van der Waals surface area contributed by atoms with Crippen LogP contribution < -0.4 is 10.9 Å². The summed E-state index contributed by atoms with van der Waals surface area (Å²) in [5, 5.41) is 4.12.